The number of ether oxygens (including phenoxy) is 1. The van der Waals surface area contributed by atoms with Crippen LogP contribution in [0.1, 0.15) is 29.1 Å². The molecule has 0 aliphatic rings. The molecule has 16 heavy (non-hydrogen) atoms. The van der Waals surface area contributed by atoms with Gasteiger partial charge in [0.25, 0.3) is 0 Å². The molecule has 0 saturated heterocycles. The number of hydrogen-bond acceptors (Lipinski definition) is 4. The third kappa shape index (κ3) is 1.67. The summed E-state index contributed by atoms with van der Waals surface area (Å²) >= 11 is 0. The number of aldehydes is 1. The van der Waals surface area contributed by atoms with Gasteiger partial charge in [0.2, 0.25) is 0 Å². The lowest BCUT2D eigenvalue weighted by Crippen LogP contribution is -1.86. The molecule has 1 aromatic carbocycles. The van der Waals surface area contributed by atoms with Crippen LogP contribution >= 0.6 is 0 Å². The van der Waals surface area contributed by atoms with Crippen LogP contribution in [-0.2, 0) is 0 Å². The maximum atomic E-state index is 10.9. The van der Waals surface area contributed by atoms with E-state index >= 15 is 0 Å². The molecule has 1 atom stereocenters. The molecular formula is C12H12O4. The van der Waals surface area contributed by atoms with Crippen molar-refractivity contribution in [1.82, 2.24) is 0 Å². The van der Waals surface area contributed by atoms with Crippen LogP contribution in [0.2, 0.25) is 0 Å². The van der Waals surface area contributed by atoms with E-state index in [2.05, 4.69) is 0 Å². The Morgan fingerprint density at radius 1 is 1.44 bits per heavy atom. The summed E-state index contributed by atoms with van der Waals surface area (Å²) in [4.78, 5) is 10.9. The number of aliphatic hydroxyl groups excluding tert-OH is 1. The first-order chi connectivity index (χ1) is 7.65. The van der Waals surface area contributed by atoms with Crippen molar-refractivity contribution >= 4 is 17.3 Å². The number of rotatable bonds is 3. The first-order valence-electron chi connectivity index (χ1n) is 4.90. The number of aliphatic hydroxyl groups is 1. The summed E-state index contributed by atoms with van der Waals surface area (Å²) in [6, 6.07) is 5.07. The van der Waals surface area contributed by atoms with Crippen LogP contribution in [0.5, 0.6) is 5.75 Å². The predicted octanol–water partition coefficient (Wildman–Crippen LogP) is 2.31. The highest BCUT2D eigenvalue weighted by Gasteiger charge is 2.13. The van der Waals surface area contributed by atoms with Gasteiger partial charge >= 0.3 is 0 Å². The average molecular weight is 220 g/mol. The molecule has 4 nitrogen and oxygen atoms in total. The standard InChI is InChI=1S/C12H12O4/c1-7(14)11-5-8-3-10(15-2)4-9(6-13)12(8)16-11/h3-7,14H,1-2H3. The molecule has 0 bridgehead atoms. The van der Waals surface area contributed by atoms with Gasteiger partial charge in [-0.3, -0.25) is 4.79 Å². The molecule has 0 fully saturated rings. The smallest absolute Gasteiger partial charge is 0.153 e. The number of furan rings is 1. The second-order valence-electron chi connectivity index (χ2n) is 3.58. The quantitative estimate of drug-likeness (QED) is 0.806. The van der Waals surface area contributed by atoms with E-state index < -0.39 is 6.10 Å². The summed E-state index contributed by atoms with van der Waals surface area (Å²) < 4.78 is 10.5. The van der Waals surface area contributed by atoms with Crippen molar-refractivity contribution in [1.29, 1.82) is 0 Å². The number of methoxy groups -OCH3 is 1. The monoisotopic (exact) mass is 220 g/mol. The van der Waals surface area contributed by atoms with Crippen LogP contribution in [-0.4, -0.2) is 18.5 Å². The van der Waals surface area contributed by atoms with Crippen LogP contribution in [0.15, 0.2) is 22.6 Å². The largest absolute Gasteiger partial charge is 0.497 e. The maximum absolute atomic E-state index is 10.9. The second kappa shape index (κ2) is 3.98. The van der Waals surface area contributed by atoms with E-state index in [9.17, 15) is 9.90 Å². The number of carbonyl (C=O) groups is 1. The summed E-state index contributed by atoms with van der Waals surface area (Å²) in [6.45, 7) is 1.61. The zero-order valence-corrected chi connectivity index (χ0v) is 9.06. The molecule has 1 heterocycles. The van der Waals surface area contributed by atoms with Gasteiger partial charge < -0.3 is 14.3 Å². The third-order valence-corrected chi connectivity index (χ3v) is 2.41. The minimum absolute atomic E-state index is 0.418. The maximum Gasteiger partial charge on any atom is 0.153 e. The SMILES string of the molecule is COc1cc(C=O)c2oc(C(C)O)cc2c1. The molecule has 1 aromatic heterocycles. The van der Waals surface area contributed by atoms with E-state index in [1.807, 2.05) is 0 Å². The van der Waals surface area contributed by atoms with Gasteiger partial charge in [-0.2, -0.15) is 0 Å². The molecule has 4 heteroatoms. The average Bonchev–Trinajstić information content (AvgIpc) is 2.71. The summed E-state index contributed by atoms with van der Waals surface area (Å²) in [6.07, 6.45) is 0.0121. The molecule has 2 aromatic rings. The highest BCUT2D eigenvalue weighted by atomic mass is 16.5. The Balaban J connectivity index is 2.69. The van der Waals surface area contributed by atoms with Crippen LogP contribution < -0.4 is 4.74 Å². The number of benzene rings is 1. The Morgan fingerprint density at radius 3 is 2.75 bits per heavy atom. The molecule has 0 aliphatic heterocycles. The van der Waals surface area contributed by atoms with Gasteiger partial charge in [0.1, 0.15) is 23.2 Å². The van der Waals surface area contributed by atoms with Crippen molar-refractivity contribution in [3.63, 3.8) is 0 Å². The number of carbonyl (C=O) groups excluding carboxylic acids is 1. The minimum Gasteiger partial charge on any atom is -0.497 e. The molecule has 0 amide bonds. The van der Waals surface area contributed by atoms with Crippen molar-refractivity contribution in [3.8, 4) is 5.75 Å². The highest BCUT2D eigenvalue weighted by Crippen LogP contribution is 2.29. The van der Waals surface area contributed by atoms with Crippen molar-refractivity contribution < 1.29 is 19.1 Å². The second-order valence-corrected chi connectivity index (χ2v) is 3.58. The Labute approximate surface area is 92.4 Å². The van der Waals surface area contributed by atoms with Gasteiger partial charge in [-0.15, -0.1) is 0 Å². The first-order valence-corrected chi connectivity index (χ1v) is 4.90. The molecule has 1 unspecified atom stereocenters. The zero-order chi connectivity index (χ0) is 11.7. The lowest BCUT2D eigenvalue weighted by Gasteiger charge is -2.00. The molecule has 0 radical (unpaired) electrons. The topological polar surface area (TPSA) is 59.7 Å². The van der Waals surface area contributed by atoms with E-state index in [4.69, 9.17) is 9.15 Å². The number of hydrogen-bond donors (Lipinski definition) is 1. The Bertz CT molecular complexity index is 525. The Kier molecular flexibility index (Phi) is 2.66. The van der Waals surface area contributed by atoms with Gasteiger partial charge in [0.15, 0.2) is 6.29 Å². The fourth-order valence-electron chi connectivity index (χ4n) is 1.58. The summed E-state index contributed by atoms with van der Waals surface area (Å²) in [7, 11) is 1.53. The van der Waals surface area contributed by atoms with Gasteiger partial charge in [-0.25, -0.2) is 0 Å². The summed E-state index contributed by atoms with van der Waals surface area (Å²) in [5, 5.41) is 10.1. The third-order valence-electron chi connectivity index (χ3n) is 2.41. The Hall–Kier alpha value is -1.81. The summed E-state index contributed by atoms with van der Waals surface area (Å²) in [5.74, 6) is 1.03. The highest BCUT2D eigenvalue weighted by molar-refractivity contribution is 5.96. The predicted molar refractivity (Wildman–Crippen MR) is 58.8 cm³/mol. The molecule has 0 aliphatic carbocycles. The van der Waals surface area contributed by atoms with Crippen molar-refractivity contribution in [2.45, 2.75) is 13.0 Å². The zero-order valence-electron chi connectivity index (χ0n) is 9.06. The van der Waals surface area contributed by atoms with Gasteiger partial charge in [-0.05, 0) is 25.1 Å². The fourth-order valence-corrected chi connectivity index (χ4v) is 1.58. The normalized spacial score (nSPS) is 12.7. The van der Waals surface area contributed by atoms with Crippen LogP contribution in [0.3, 0.4) is 0 Å². The lowest BCUT2D eigenvalue weighted by molar-refractivity contribution is 0.112. The van der Waals surface area contributed by atoms with Crippen molar-refractivity contribution in [2.75, 3.05) is 7.11 Å². The van der Waals surface area contributed by atoms with Crippen LogP contribution in [0, 0.1) is 0 Å². The number of fused-ring (bicyclic) bond motifs is 1. The Morgan fingerprint density at radius 2 is 2.19 bits per heavy atom. The van der Waals surface area contributed by atoms with Gasteiger partial charge in [0.05, 0.1) is 12.7 Å². The van der Waals surface area contributed by atoms with Crippen molar-refractivity contribution in [2.24, 2.45) is 0 Å². The summed E-state index contributed by atoms with van der Waals surface area (Å²) in [5.41, 5.74) is 0.896. The fraction of sp³-hybridized carbons (Fsp3) is 0.250. The molecule has 0 spiro atoms. The van der Waals surface area contributed by atoms with E-state index in [1.165, 1.54) is 7.11 Å². The minimum atomic E-state index is -0.696. The first kappa shape index (κ1) is 10.7. The molecule has 84 valence electrons. The van der Waals surface area contributed by atoms with E-state index in [0.717, 1.165) is 5.39 Å². The van der Waals surface area contributed by atoms with E-state index in [1.54, 1.807) is 25.1 Å². The van der Waals surface area contributed by atoms with Crippen LogP contribution in [0.4, 0.5) is 0 Å². The molecule has 0 saturated carbocycles. The molecular weight excluding hydrogens is 208 g/mol. The lowest BCUT2D eigenvalue weighted by atomic mass is 10.1. The van der Waals surface area contributed by atoms with E-state index in [-0.39, 0.29) is 0 Å². The molecule has 2 rings (SSSR count). The van der Waals surface area contributed by atoms with E-state index in [0.29, 0.717) is 28.9 Å². The molecule has 1 N–H and O–H groups in total. The van der Waals surface area contributed by atoms with Crippen LogP contribution in [0.25, 0.3) is 11.0 Å². The van der Waals surface area contributed by atoms with Gasteiger partial charge in [-0.1, -0.05) is 0 Å². The van der Waals surface area contributed by atoms with Crippen molar-refractivity contribution in [3.05, 3.63) is 29.5 Å². The van der Waals surface area contributed by atoms with Gasteiger partial charge in [0, 0.05) is 5.39 Å².